The maximum atomic E-state index is 5.64. The molecule has 1 nitrogen and oxygen atoms in total. The zero-order valence-corrected chi connectivity index (χ0v) is 9.34. The molecule has 1 unspecified atom stereocenters. The molecular weight excluding hydrogens is 190 g/mol. The van der Waals surface area contributed by atoms with E-state index in [0.717, 1.165) is 11.5 Å². The van der Waals surface area contributed by atoms with E-state index in [-0.39, 0.29) is 0 Å². The molecule has 2 N–H and O–H groups in total. The Balaban J connectivity index is 2.21. The Morgan fingerprint density at radius 1 is 1.36 bits per heavy atom. The zero-order chi connectivity index (χ0) is 10.2. The van der Waals surface area contributed by atoms with E-state index in [4.69, 9.17) is 5.73 Å². The second kappa shape index (κ2) is 6.68. The Morgan fingerprint density at radius 2 is 2.07 bits per heavy atom. The summed E-state index contributed by atoms with van der Waals surface area (Å²) in [6.45, 7) is 2.04. The van der Waals surface area contributed by atoms with Crippen molar-refractivity contribution in [2.45, 2.75) is 13.0 Å². The van der Waals surface area contributed by atoms with Crippen LogP contribution >= 0.6 is 11.8 Å². The summed E-state index contributed by atoms with van der Waals surface area (Å²) in [7, 11) is 0. The van der Waals surface area contributed by atoms with Crippen LogP contribution in [0.5, 0.6) is 0 Å². The summed E-state index contributed by atoms with van der Waals surface area (Å²) in [5.41, 5.74) is 6.90. The molecular formula is C12H17NS. The van der Waals surface area contributed by atoms with Gasteiger partial charge in [0.15, 0.2) is 0 Å². The van der Waals surface area contributed by atoms with Gasteiger partial charge in [0.25, 0.3) is 0 Å². The van der Waals surface area contributed by atoms with Crippen LogP contribution in [0.3, 0.4) is 0 Å². The van der Waals surface area contributed by atoms with Crippen LogP contribution in [0.2, 0.25) is 0 Å². The molecule has 0 bridgehead atoms. The van der Waals surface area contributed by atoms with Gasteiger partial charge in [-0.15, -0.1) is 0 Å². The molecule has 0 saturated carbocycles. The lowest BCUT2D eigenvalue weighted by molar-refractivity contribution is 0.848. The summed E-state index contributed by atoms with van der Waals surface area (Å²) < 4.78 is 0. The second-order valence-corrected chi connectivity index (χ2v) is 4.40. The molecule has 0 fully saturated rings. The maximum Gasteiger partial charge on any atom is 0.0117 e. The van der Waals surface area contributed by atoms with E-state index in [2.05, 4.69) is 36.4 Å². The van der Waals surface area contributed by atoms with E-state index in [1.54, 1.807) is 0 Å². The maximum absolute atomic E-state index is 5.64. The summed E-state index contributed by atoms with van der Waals surface area (Å²) in [6, 6.07) is 10.6. The van der Waals surface area contributed by atoms with Gasteiger partial charge >= 0.3 is 0 Å². The van der Waals surface area contributed by atoms with Crippen molar-refractivity contribution in [2.24, 2.45) is 5.73 Å². The highest BCUT2D eigenvalue weighted by Gasteiger charge is 1.91. The first-order valence-electron chi connectivity index (χ1n) is 4.84. The molecule has 1 aromatic carbocycles. The zero-order valence-electron chi connectivity index (χ0n) is 8.52. The van der Waals surface area contributed by atoms with Crippen LogP contribution in [0.4, 0.5) is 0 Å². The lowest BCUT2D eigenvalue weighted by Crippen LogP contribution is -2.17. The predicted molar refractivity (Wildman–Crippen MR) is 66.5 cm³/mol. The highest BCUT2D eigenvalue weighted by Crippen LogP contribution is 2.05. The first-order chi connectivity index (χ1) is 6.79. The number of hydrogen-bond donors (Lipinski definition) is 1. The van der Waals surface area contributed by atoms with Crippen molar-refractivity contribution in [3.05, 3.63) is 42.0 Å². The first-order valence-corrected chi connectivity index (χ1v) is 5.99. The Morgan fingerprint density at radius 3 is 2.71 bits per heavy atom. The number of nitrogens with two attached hydrogens (primary N) is 1. The van der Waals surface area contributed by atoms with Crippen molar-refractivity contribution >= 4 is 17.8 Å². The van der Waals surface area contributed by atoms with Gasteiger partial charge in [-0.25, -0.2) is 0 Å². The van der Waals surface area contributed by atoms with Crippen molar-refractivity contribution in [1.29, 1.82) is 0 Å². The van der Waals surface area contributed by atoms with Crippen LogP contribution in [0, 0.1) is 0 Å². The molecule has 14 heavy (non-hydrogen) atoms. The topological polar surface area (TPSA) is 26.0 Å². The van der Waals surface area contributed by atoms with Gasteiger partial charge in [-0.1, -0.05) is 42.5 Å². The average molecular weight is 207 g/mol. The monoisotopic (exact) mass is 207 g/mol. The third-order valence-corrected chi connectivity index (χ3v) is 2.89. The van der Waals surface area contributed by atoms with Crippen molar-refractivity contribution in [3.8, 4) is 0 Å². The Hall–Kier alpha value is -0.730. The quantitative estimate of drug-likeness (QED) is 0.751. The lowest BCUT2D eigenvalue weighted by Gasteiger charge is -2.01. The highest BCUT2D eigenvalue weighted by atomic mass is 32.2. The number of thioether (sulfide) groups is 1. The van der Waals surface area contributed by atoms with E-state index in [0.29, 0.717) is 6.04 Å². The van der Waals surface area contributed by atoms with E-state index in [9.17, 15) is 0 Å². The standard InChI is InChI=1S/C12H17NS/c1-11(13)10-14-9-5-8-12-6-3-2-4-7-12/h2-8,11H,9-10,13H2,1H3. The van der Waals surface area contributed by atoms with Crippen LogP contribution in [0.1, 0.15) is 12.5 Å². The molecule has 0 aliphatic rings. The van der Waals surface area contributed by atoms with Crippen LogP contribution < -0.4 is 5.73 Å². The molecule has 0 saturated heterocycles. The molecule has 1 rings (SSSR count). The summed E-state index contributed by atoms with van der Waals surface area (Å²) >= 11 is 1.87. The molecule has 0 spiro atoms. The molecule has 0 aliphatic carbocycles. The fourth-order valence-corrected chi connectivity index (χ4v) is 1.81. The van der Waals surface area contributed by atoms with Crippen LogP contribution in [-0.2, 0) is 0 Å². The Kier molecular flexibility index (Phi) is 5.42. The van der Waals surface area contributed by atoms with Crippen molar-refractivity contribution in [3.63, 3.8) is 0 Å². The largest absolute Gasteiger partial charge is 0.327 e. The molecule has 0 aromatic heterocycles. The van der Waals surface area contributed by atoms with Gasteiger partial charge in [0.1, 0.15) is 0 Å². The van der Waals surface area contributed by atoms with E-state index >= 15 is 0 Å². The number of hydrogen-bond acceptors (Lipinski definition) is 2. The fourth-order valence-electron chi connectivity index (χ4n) is 1.07. The lowest BCUT2D eigenvalue weighted by atomic mass is 10.2. The van der Waals surface area contributed by atoms with Crippen LogP contribution in [0.25, 0.3) is 6.08 Å². The molecule has 1 atom stereocenters. The smallest absolute Gasteiger partial charge is 0.0117 e. The molecule has 1 aromatic rings. The van der Waals surface area contributed by atoms with E-state index in [1.807, 2.05) is 24.8 Å². The molecule has 0 heterocycles. The minimum atomic E-state index is 0.296. The summed E-state index contributed by atoms with van der Waals surface area (Å²) in [5, 5.41) is 0. The van der Waals surface area contributed by atoms with Gasteiger partial charge in [-0.05, 0) is 12.5 Å². The number of rotatable bonds is 5. The van der Waals surface area contributed by atoms with E-state index in [1.165, 1.54) is 5.56 Å². The Bertz CT molecular complexity index is 267. The highest BCUT2D eigenvalue weighted by molar-refractivity contribution is 7.99. The second-order valence-electron chi connectivity index (χ2n) is 3.33. The Labute approximate surface area is 90.4 Å². The normalized spacial score (nSPS) is 13.3. The van der Waals surface area contributed by atoms with Crippen LogP contribution in [-0.4, -0.2) is 17.5 Å². The van der Waals surface area contributed by atoms with Gasteiger partial charge in [-0.2, -0.15) is 11.8 Å². The third-order valence-electron chi connectivity index (χ3n) is 1.70. The van der Waals surface area contributed by atoms with Crippen LogP contribution in [0.15, 0.2) is 36.4 Å². The van der Waals surface area contributed by atoms with Gasteiger partial charge in [-0.3, -0.25) is 0 Å². The summed E-state index contributed by atoms with van der Waals surface area (Å²) in [4.78, 5) is 0. The summed E-state index contributed by atoms with van der Waals surface area (Å²) in [5.74, 6) is 2.07. The molecule has 0 radical (unpaired) electrons. The first kappa shape index (κ1) is 11.3. The fraction of sp³-hybridized carbons (Fsp3) is 0.333. The molecule has 0 amide bonds. The van der Waals surface area contributed by atoms with Gasteiger partial charge in [0, 0.05) is 17.5 Å². The molecule has 2 heteroatoms. The minimum Gasteiger partial charge on any atom is -0.327 e. The predicted octanol–water partition coefficient (Wildman–Crippen LogP) is 2.78. The molecule has 0 aliphatic heterocycles. The third kappa shape index (κ3) is 5.10. The SMILES string of the molecule is CC(N)CSCC=Cc1ccccc1. The van der Waals surface area contributed by atoms with Gasteiger partial charge in [0.05, 0.1) is 0 Å². The summed E-state index contributed by atoms with van der Waals surface area (Å²) in [6.07, 6.45) is 4.33. The molecule has 76 valence electrons. The van der Waals surface area contributed by atoms with E-state index < -0.39 is 0 Å². The van der Waals surface area contributed by atoms with Gasteiger partial charge in [0.2, 0.25) is 0 Å². The van der Waals surface area contributed by atoms with Gasteiger partial charge < -0.3 is 5.73 Å². The van der Waals surface area contributed by atoms with Crippen molar-refractivity contribution in [1.82, 2.24) is 0 Å². The number of benzene rings is 1. The minimum absolute atomic E-state index is 0.296. The average Bonchev–Trinajstić information content (AvgIpc) is 2.18. The van der Waals surface area contributed by atoms with Crippen molar-refractivity contribution < 1.29 is 0 Å². The van der Waals surface area contributed by atoms with Crippen molar-refractivity contribution in [2.75, 3.05) is 11.5 Å².